The lowest BCUT2D eigenvalue weighted by atomic mass is 10.1. The van der Waals surface area contributed by atoms with Crippen LogP contribution in [0.15, 0.2) is 12.4 Å². The Balaban J connectivity index is 2.25. The van der Waals surface area contributed by atoms with Gasteiger partial charge in [-0.3, -0.25) is 4.57 Å². The minimum atomic E-state index is 0.392. The van der Waals surface area contributed by atoms with Crippen LogP contribution in [0.25, 0.3) is 5.82 Å². The van der Waals surface area contributed by atoms with Crippen LogP contribution >= 0.6 is 12.2 Å². The van der Waals surface area contributed by atoms with Crippen LogP contribution in [0, 0.1) is 13.8 Å². The molecule has 2 aromatic rings. The van der Waals surface area contributed by atoms with Crippen molar-refractivity contribution in [3.8, 4) is 5.82 Å². The summed E-state index contributed by atoms with van der Waals surface area (Å²) in [5.74, 6) is 0.811. The van der Waals surface area contributed by atoms with Crippen molar-refractivity contribution in [3.05, 3.63) is 40.6 Å². The Kier molecular flexibility index (Phi) is 2.86. The van der Waals surface area contributed by atoms with Gasteiger partial charge in [0.25, 0.3) is 0 Å². The summed E-state index contributed by atoms with van der Waals surface area (Å²) in [7, 11) is 0. The number of fused-ring (bicyclic) bond motifs is 1. The second-order valence-corrected chi connectivity index (χ2v) is 5.41. The molecule has 0 amide bonds. The third kappa shape index (κ3) is 1.94. The molecule has 2 aromatic heterocycles. The van der Waals surface area contributed by atoms with E-state index in [9.17, 15) is 0 Å². The lowest BCUT2D eigenvalue weighted by Crippen LogP contribution is -2.16. The van der Waals surface area contributed by atoms with Crippen LogP contribution in [0.3, 0.4) is 0 Å². The van der Waals surface area contributed by atoms with Crippen molar-refractivity contribution in [2.75, 3.05) is 0 Å². The predicted octanol–water partition coefficient (Wildman–Crippen LogP) is 2.01. The molecular formula is C14H16N4S. The molecule has 0 aromatic carbocycles. The van der Waals surface area contributed by atoms with Crippen LogP contribution in [0.4, 0.5) is 0 Å². The first-order chi connectivity index (χ1) is 9.08. The molecule has 19 heavy (non-hydrogen) atoms. The molecule has 0 unspecified atom stereocenters. The molecule has 0 radical (unpaired) electrons. The van der Waals surface area contributed by atoms with Crippen molar-refractivity contribution in [2.24, 2.45) is 5.73 Å². The highest BCUT2D eigenvalue weighted by molar-refractivity contribution is 7.80. The van der Waals surface area contributed by atoms with Gasteiger partial charge in [-0.25, -0.2) is 9.97 Å². The molecule has 0 bridgehead atoms. The standard InChI is InChI=1S/C14H16N4S/c1-8-9(2)18(7-16-8)14-11(13(15)19)6-10-4-3-5-12(10)17-14/h6-7H,3-5H2,1-2H3,(H2,15,19). The van der Waals surface area contributed by atoms with Crippen LogP contribution in [0.1, 0.15) is 34.6 Å². The summed E-state index contributed by atoms with van der Waals surface area (Å²) in [5.41, 5.74) is 11.2. The third-order valence-corrected chi connectivity index (χ3v) is 4.00. The van der Waals surface area contributed by atoms with Gasteiger partial charge in [0, 0.05) is 11.4 Å². The van der Waals surface area contributed by atoms with Crippen LogP contribution in [-0.2, 0) is 12.8 Å². The van der Waals surface area contributed by atoms with Crippen molar-refractivity contribution in [1.29, 1.82) is 0 Å². The van der Waals surface area contributed by atoms with Gasteiger partial charge >= 0.3 is 0 Å². The predicted molar refractivity (Wildman–Crippen MR) is 78.7 cm³/mol. The molecule has 0 saturated carbocycles. The van der Waals surface area contributed by atoms with E-state index in [0.717, 1.165) is 42.0 Å². The van der Waals surface area contributed by atoms with Gasteiger partial charge in [0.15, 0.2) is 0 Å². The molecular weight excluding hydrogens is 256 g/mol. The summed E-state index contributed by atoms with van der Waals surface area (Å²) in [5, 5.41) is 0. The number of rotatable bonds is 2. The molecule has 2 heterocycles. The van der Waals surface area contributed by atoms with E-state index in [1.165, 1.54) is 11.3 Å². The molecule has 4 nitrogen and oxygen atoms in total. The number of aryl methyl sites for hydroxylation is 3. The lowest BCUT2D eigenvalue weighted by Gasteiger charge is -2.12. The van der Waals surface area contributed by atoms with Gasteiger partial charge in [-0.2, -0.15) is 0 Å². The number of imidazole rings is 1. The first-order valence-electron chi connectivity index (χ1n) is 6.41. The number of pyridine rings is 1. The summed E-state index contributed by atoms with van der Waals surface area (Å²) in [6.45, 7) is 4.01. The highest BCUT2D eigenvalue weighted by atomic mass is 32.1. The summed E-state index contributed by atoms with van der Waals surface area (Å²) in [4.78, 5) is 9.49. The van der Waals surface area contributed by atoms with E-state index in [1.807, 2.05) is 18.4 Å². The molecule has 1 aliphatic rings. The van der Waals surface area contributed by atoms with Gasteiger partial charge in [0.1, 0.15) is 17.1 Å². The Hall–Kier alpha value is -1.75. The van der Waals surface area contributed by atoms with Crippen LogP contribution in [0.5, 0.6) is 0 Å². The summed E-state index contributed by atoms with van der Waals surface area (Å²) in [6, 6.07) is 2.10. The minimum Gasteiger partial charge on any atom is -0.389 e. The number of hydrogen-bond donors (Lipinski definition) is 1. The number of aromatic nitrogens is 3. The first kappa shape index (κ1) is 12.3. The monoisotopic (exact) mass is 272 g/mol. The highest BCUT2D eigenvalue weighted by Crippen LogP contribution is 2.25. The van der Waals surface area contributed by atoms with Crippen molar-refractivity contribution in [3.63, 3.8) is 0 Å². The van der Waals surface area contributed by atoms with Gasteiger partial charge in [-0.05, 0) is 44.7 Å². The average molecular weight is 272 g/mol. The van der Waals surface area contributed by atoms with Gasteiger partial charge in [0.2, 0.25) is 0 Å². The Bertz CT molecular complexity index is 672. The second kappa shape index (κ2) is 4.42. The Morgan fingerprint density at radius 3 is 2.79 bits per heavy atom. The maximum absolute atomic E-state index is 5.86. The zero-order valence-electron chi connectivity index (χ0n) is 11.1. The minimum absolute atomic E-state index is 0.392. The molecule has 98 valence electrons. The van der Waals surface area contributed by atoms with E-state index >= 15 is 0 Å². The summed E-state index contributed by atoms with van der Waals surface area (Å²) in [6.07, 6.45) is 5.05. The van der Waals surface area contributed by atoms with Gasteiger partial charge in [-0.1, -0.05) is 12.2 Å². The average Bonchev–Trinajstić information content (AvgIpc) is 2.95. The second-order valence-electron chi connectivity index (χ2n) is 4.97. The number of hydrogen-bond acceptors (Lipinski definition) is 3. The largest absolute Gasteiger partial charge is 0.389 e. The molecule has 0 fully saturated rings. The Morgan fingerprint density at radius 2 is 2.16 bits per heavy atom. The Morgan fingerprint density at radius 1 is 1.37 bits per heavy atom. The summed E-state index contributed by atoms with van der Waals surface area (Å²) < 4.78 is 1.97. The van der Waals surface area contributed by atoms with E-state index in [0.29, 0.717) is 4.99 Å². The fraction of sp³-hybridized carbons (Fsp3) is 0.357. The molecule has 3 rings (SSSR count). The fourth-order valence-electron chi connectivity index (χ4n) is 2.54. The van der Waals surface area contributed by atoms with Crippen LogP contribution in [-0.4, -0.2) is 19.5 Å². The van der Waals surface area contributed by atoms with Crippen LogP contribution < -0.4 is 5.73 Å². The van der Waals surface area contributed by atoms with Crippen molar-refractivity contribution < 1.29 is 0 Å². The van der Waals surface area contributed by atoms with Crippen molar-refractivity contribution >= 4 is 17.2 Å². The maximum atomic E-state index is 5.86. The zero-order valence-corrected chi connectivity index (χ0v) is 11.9. The van der Waals surface area contributed by atoms with Crippen molar-refractivity contribution in [2.45, 2.75) is 33.1 Å². The van der Waals surface area contributed by atoms with E-state index in [4.69, 9.17) is 22.9 Å². The number of nitrogens with zero attached hydrogens (tertiary/aromatic N) is 3. The zero-order chi connectivity index (χ0) is 13.6. The van der Waals surface area contributed by atoms with Crippen LogP contribution in [0.2, 0.25) is 0 Å². The maximum Gasteiger partial charge on any atom is 0.148 e. The normalized spacial score (nSPS) is 13.6. The molecule has 1 aliphatic carbocycles. The number of nitrogens with two attached hydrogens (primary N) is 1. The van der Waals surface area contributed by atoms with Gasteiger partial charge in [-0.15, -0.1) is 0 Å². The van der Waals surface area contributed by atoms with E-state index < -0.39 is 0 Å². The van der Waals surface area contributed by atoms with E-state index in [1.54, 1.807) is 6.33 Å². The molecule has 0 saturated heterocycles. The lowest BCUT2D eigenvalue weighted by molar-refractivity contribution is 0.885. The molecule has 5 heteroatoms. The molecule has 0 aliphatic heterocycles. The molecule has 2 N–H and O–H groups in total. The quantitative estimate of drug-likeness (QED) is 0.850. The van der Waals surface area contributed by atoms with Gasteiger partial charge < -0.3 is 5.73 Å². The number of thiocarbonyl (C=S) groups is 1. The van der Waals surface area contributed by atoms with E-state index in [2.05, 4.69) is 11.1 Å². The first-order valence-corrected chi connectivity index (χ1v) is 6.82. The molecule has 0 spiro atoms. The fourth-order valence-corrected chi connectivity index (χ4v) is 2.69. The third-order valence-electron chi connectivity index (χ3n) is 3.78. The smallest absolute Gasteiger partial charge is 0.148 e. The van der Waals surface area contributed by atoms with Gasteiger partial charge in [0.05, 0.1) is 11.3 Å². The van der Waals surface area contributed by atoms with E-state index in [-0.39, 0.29) is 0 Å². The van der Waals surface area contributed by atoms with Crippen molar-refractivity contribution in [1.82, 2.24) is 14.5 Å². The SMILES string of the molecule is Cc1ncn(-c2nc3c(cc2C(N)=S)CCC3)c1C. The molecule has 0 atom stereocenters. The topological polar surface area (TPSA) is 56.7 Å². The Labute approximate surface area is 117 Å². The summed E-state index contributed by atoms with van der Waals surface area (Å²) >= 11 is 5.17. The highest BCUT2D eigenvalue weighted by Gasteiger charge is 2.19.